The number of halogens is 1. The van der Waals surface area contributed by atoms with Crippen molar-refractivity contribution in [3.8, 4) is 0 Å². The highest BCUT2D eigenvalue weighted by Crippen LogP contribution is 2.32. The first-order chi connectivity index (χ1) is 9.40. The van der Waals surface area contributed by atoms with Crippen molar-refractivity contribution in [3.05, 3.63) is 40.1 Å². The minimum atomic E-state index is -0.329. The van der Waals surface area contributed by atoms with Gasteiger partial charge in [0.15, 0.2) is 5.16 Å². The molecule has 1 aromatic heterocycles. The van der Waals surface area contributed by atoms with Crippen LogP contribution in [-0.2, 0) is 0 Å². The summed E-state index contributed by atoms with van der Waals surface area (Å²) in [6.45, 7) is 5.59. The molecule has 3 N–H and O–H groups in total. The van der Waals surface area contributed by atoms with E-state index in [1.54, 1.807) is 17.6 Å². The second kappa shape index (κ2) is 5.80. The van der Waals surface area contributed by atoms with Gasteiger partial charge in [-0.15, -0.1) is 5.10 Å². The molecule has 0 aliphatic heterocycles. The Morgan fingerprint density at radius 3 is 2.70 bits per heavy atom. The Labute approximate surface area is 120 Å². The molecule has 108 valence electrons. The van der Waals surface area contributed by atoms with Gasteiger partial charge in [-0.2, -0.15) is 0 Å². The van der Waals surface area contributed by atoms with Crippen molar-refractivity contribution in [3.63, 3.8) is 0 Å². The first-order valence-corrected chi connectivity index (χ1v) is 7.11. The van der Waals surface area contributed by atoms with E-state index in [2.05, 4.69) is 10.2 Å². The molecule has 0 saturated carbocycles. The van der Waals surface area contributed by atoms with E-state index in [0.29, 0.717) is 10.7 Å². The summed E-state index contributed by atoms with van der Waals surface area (Å²) < 4.78 is 14.9. The van der Waals surface area contributed by atoms with Crippen LogP contribution in [0.5, 0.6) is 0 Å². The van der Waals surface area contributed by atoms with Crippen molar-refractivity contribution in [1.29, 1.82) is 0 Å². The van der Waals surface area contributed by atoms with Crippen molar-refractivity contribution in [2.45, 2.75) is 42.9 Å². The van der Waals surface area contributed by atoms with Gasteiger partial charge in [0.2, 0.25) is 0 Å². The summed E-state index contributed by atoms with van der Waals surface area (Å²) in [4.78, 5) is 12.5. The summed E-state index contributed by atoms with van der Waals surface area (Å²) in [5.41, 5.74) is 6.30. The molecule has 0 fully saturated rings. The average molecular weight is 296 g/mol. The molecule has 2 aromatic rings. The maximum absolute atomic E-state index is 13.3. The Hall–Kier alpha value is -1.60. The number of aromatic nitrogens is 3. The number of hydrogen-bond acceptors (Lipinski definition) is 4. The van der Waals surface area contributed by atoms with Crippen LogP contribution >= 0.6 is 11.8 Å². The fourth-order valence-electron chi connectivity index (χ4n) is 1.88. The predicted octanol–water partition coefficient (Wildman–Crippen LogP) is 2.46. The molecular formula is C13H17FN4OS. The molecule has 0 aliphatic carbocycles. The van der Waals surface area contributed by atoms with Crippen molar-refractivity contribution in [2.24, 2.45) is 5.73 Å². The van der Waals surface area contributed by atoms with Crippen LogP contribution in [-0.4, -0.2) is 14.8 Å². The van der Waals surface area contributed by atoms with E-state index >= 15 is 0 Å². The average Bonchev–Trinajstić information content (AvgIpc) is 2.72. The Kier molecular flexibility index (Phi) is 4.29. The standard InChI is InChI=1S/C13H17FN4OS/c1-7(2)18-12(19)16-17-13(18)20-11-5-4-9(14)6-10(11)8(3)15/h4-8H,15H2,1-3H3,(H,16,19)/t8-/m1/s1. The maximum atomic E-state index is 13.3. The summed E-state index contributed by atoms with van der Waals surface area (Å²) in [5, 5.41) is 6.98. The zero-order valence-corrected chi connectivity index (χ0v) is 12.4. The Morgan fingerprint density at radius 1 is 1.40 bits per heavy atom. The fourth-order valence-corrected chi connectivity index (χ4v) is 3.06. The zero-order valence-electron chi connectivity index (χ0n) is 11.6. The molecule has 7 heteroatoms. The van der Waals surface area contributed by atoms with Crippen molar-refractivity contribution < 1.29 is 4.39 Å². The summed E-state index contributed by atoms with van der Waals surface area (Å²) in [6.07, 6.45) is 0. The molecule has 0 aliphatic rings. The Morgan fingerprint density at radius 2 is 2.10 bits per heavy atom. The number of aromatic amines is 1. The lowest BCUT2D eigenvalue weighted by Crippen LogP contribution is -2.19. The van der Waals surface area contributed by atoms with Crippen LogP contribution in [0.3, 0.4) is 0 Å². The van der Waals surface area contributed by atoms with Gasteiger partial charge in [0.05, 0.1) is 0 Å². The van der Waals surface area contributed by atoms with Crippen molar-refractivity contribution in [1.82, 2.24) is 14.8 Å². The minimum Gasteiger partial charge on any atom is -0.324 e. The number of nitrogens with two attached hydrogens (primary N) is 1. The Balaban J connectivity index is 2.43. The van der Waals surface area contributed by atoms with E-state index in [1.807, 2.05) is 13.8 Å². The Bertz CT molecular complexity index is 663. The van der Waals surface area contributed by atoms with Gasteiger partial charge in [0, 0.05) is 17.0 Å². The molecule has 0 spiro atoms. The van der Waals surface area contributed by atoms with E-state index in [0.717, 1.165) is 4.90 Å². The quantitative estimate of drug-likeness (QED) is 0.908. The number of H-pyrrole nitrogens is 1. The molecule has 0 bridgehead atoms. The number of hydrogen-bond donors (Lipinski definition) is 2. The summed E-state index contributed by atoms with van der Waals surface area (Å²) in [6, 6.07) is 4.13. The number of rotatable bonds is 4. The van der Waals surface area contributed by atoms with Gasteiger partial charge in [0.1, 0.15) is 5.82 Å². The third-order valence-corrected chi connectivity index (χ3v) is 3.91. The van der Waals surface area contributed by atoms with Crippen molar-refractivity contribution >= 4 is 11.8 Å². The van der Waals surface area contributed by atoms with Gasteiger partial charge >= 0.3 is 5.69 Å². The van der Waals surface area contributed by atoms with Gasteiger partial charge < -0.3 is 5.73 Å². The van der Waals surface area contributed by atoms with Gasteiger partial charge in [-0.3, -0.25) is 4.57 Å². The first kappa shape index (κ1) is 14.8. The number of benzene rings is 1. The van der Waals surface area contributed by atoms with E-state index < -0.39 is 0 Å². The lowest BCUT2D eigenvalue weighted by Gasteiger charge is -2.13. The van der Waals surface area contributed by atoms with E-state index in [9.17, 15) is 9.18 Å². The highest BCUT2D eigenvalue weighted by molar-refractivity contribution is 7.99. The van der Waals surface area contributed by atoms with Crippen LogP contribution in [0, 0.1) is 5.82 Å². The van der Waals surface area contributed by atoms with Crippen LogP contribution in [0.4, 0.5) is 4.39 Å². The maximum Gasteiger partial charge on any atom is 0.344 e. The summed E-state index contributed by atoms with van der Waals surface area (Å²) in [5.74, 6) is -0.329. The second-order valence-corrected chi connectivity index (χ2v) is 5.86. The lowest BCUT2D eigenvalue weighted by molar-refractivity contribution is 0.534. The molecule has 0 radical (unpaired) electrons. The molecule has 1 aromatic carbocycles. The number of nitrogens with one attached hydrogen (secondary N) is 1. The topological polar surface area (TPSA) is 76.7 Å². The predicted molar refractivity (Wildman–Crippen MR) is 76.4 cm³/mol. The second-order valence-electron chi connectivity index (χ2n) is 4.85. The minimum absolute atomic E-state index is 0.0112. The fraction of sp³-hybridized carbons (Fsp3) is 0.385. The third kappa shape index (κ3) is 2.94. The van der Waals surface area contributed by atoms with Crippen LogP contribution in [0.25, 0.3) is 0 Å². The summed E-state index contributed by atoms with van der Waals surface area (Å²) in [7, 11) is 0. The normalized spacial score (nSPS) is 12.9. The highest BCUT2D eigenvalue weighted by atomic mass is 32.2. The molecule has 20 heavy (non-hydrogen) atoms. The lowest BCUT2D eigenvalue weighted by atomic mass is 10.1. The molecule has 0 unspecified atom stereocenters. The van der Waals surface area contributed by atoms with Crippen LogP contribution in [0.15, 0.2) is 33.0 Å². The molecule has 0 amide bonds. The number of nitrogens with zero attached hydrogens (tertiary/aromatic N) is 2. The smallest absolute Gasteiger partial charge is 0.324 e. The zero-order chi connectivity index (χ0) is 14.9. The SMILES string of the molecule is CC(C)n1c(Sc2ccc(F)cc2[C@@H](C)N)n[nH]c1=O. The van der Waals surface area contributed by atoms with Gasteiger partial charge in [-0.25, -0.2) is 14.3 Å². The van der Waals surface area contributed by atoms with Gasteiger partial charge in [-0.1, -0.05) is 0 Å². The molecule has 2 rings (SSSR count). The van der Waals surface area contributed by atoms with E-state index in [1.165, 1.54) is 23.9 Å². The summed E-state index contributed by atoms with van der Waals surface area (Å²) >= 11 is 1.30. The van der Waals surface area contributed by atoms with Gasteiger partial charge in [-0.05, 0) is 56.3 Å². The first-order valence-electron chi connectivity index (χ1n) is 6.30. The molecule has 0 saturated heterocycles. The van der Waals surface area contributed by atoms with Crippen LogP contribution in [0.2, 0.25) is 0 Å². The molecular weight excluding hydrogens is 279 g/mol. The largest absolute Gasteiger partial charge is 0.344 e. The molecule has 1 atom stereocenters. The third-order valence-electron chi connectivity index (χ3n) is 2.85. The van der Waals surface area contributed by atoms with Crippen LogP contribution in [0.1, 0.15) is 38.4 Å². The van der Waals surface area contributed by atoms with Crippen molar-refractivity contribution in [2.75, 3.05) is 0 Å². The van der Waals surface area contributed by atoms with Crippen LogP contribution < -0.4 is 11.4 Å². The van der Waals surface area contributed by atoms with Gasteiger partial charge in [0.25, 0.3) is 0 Å². The molecule has 5 nitrogen and oxygen atoms in total. The molecule has 1 heterocycles. The highest BCUT2D eigenvalue weighted by Gasteiger charge is 2.16. The monoisotopic (exact) mass is 296 g/mol. The van der Waals surface area contributed by atoms with E-state index in [4.69, 9.17) is 5.73 Å². The van der Waals surface area contributed by atoms with E-state index in [-0.39, 0.29) is 23.6 Å².